The lowest BCUT2D eigenvalue weighted by Crippen LogP contribution is -2.08. The Hall–Kier alpha value is -2.16. The number of carbonyl (C=O) groups excluding carboxylic acids is 1. The van der Waals surface area contributed by atoms with E-state index in [0.29, 0.717) is 17.8 Å². The van der Waals surface area contributed by atoms with Crippen LogP contribution in [0.3, 0.4) is 0 Å². The molecule has 0 radical (unpaired) electrons. The Kier molecular flexibility index (Phi) is 3.42. The van der Waals surface area contributed by atoms with E-state index >= 15 is 0 Å². The highest BCUT2D eigenvalue weighted by Gasteiger charge is 2.11. The van der Waals surface area contributed by atoms with Gasteiger partial charge in [0.2, 0.25) is 0 Å². The summed E-state index contributed by atoms with van der Waals surface area (Å²) in [5.74, 6) is 0.301. The summed E-state index contributed by atoms with van der Waals surface area (Å²) in [4.78, 5) is 16.0. The second kappa shape index (κ2) is 5.00. The molecule has 0 unspecified atom stereocenters. The van der Waals surface area contributed by atoms with E-state index in [9.17, 15) is 4.79 Å². The summed E-state index contributed by atoms with van der Waals surface area (Å²) in [5.41, 5.74) is 9.62. The number of nitrogens with two attached hydrogens (primary N) is 1. The monoisotopic (exact) mass is 240 g/mol. The van der Waals surface area contributed by atoms with Crippen molar-refractivity contribution in [2.45, 2.75) is 20.3 Å². The first-order valence-electron chi connectivity index (χ1n) is 5.88. The molecule has 0 fully saturated rings. The minimum absolute atomic E-state index is 0.00357. The predicted octanol–water partition coefficient (Wildman–Crippen LogP) is 2.71. The van der Waals surface area contributed by atoms with Gasteiger partial charge in [0.25, 0.3) is 0 Å². The van der Waals surface area contributed by atoms with Crippen LogP contribution in [0.5, 0.6) is 0 Å². The molecule has 0 bridgehead atoms. The highest BCUT2D eigenvalue weighted by atomic mass is 16.1. The lowest BCUT2D eigenvalue weighted by molar-refractivity contribution is 0.0993. The molecule has 0 saturated heterocycles. The van der Waals surface area contributed by atoms with Crippen molar-refractivity contribution in [2.75, 3.05) is 5.73 Å². The van der Waals surface area contributed by atoms with Crippen molar-refractivity contribution in [3.63, 3.8) is 0 Å². The lowest BCUT2D eigenvalue weighted by atomic mass is 10.00. The van der Waals surface area contributed by atoms with Crippen LogP contribution in [0, 0.1) is 13.8 Å². The minimum atomic E-state index is 0.00357. The zero-order valence-corrected chi connectivity index (χ0v) is 10.6. The molecule has 2 aromatic rings. The topological polar surface area (TPSA) is 56.0 Å². The van der Waals surface area contributed by atoms with Crippen LogP contribution in [-0.4, -0.2) is 10.8 Å². The fraction of sp³-hybridized carbons (Fsp3) is 0.200. The maximum atomic E-state index is 12.1. The van der Waals surface area contributed by atoms with Crippen molar-refractivity contribution in [1.29, 1.82) is 0 Å². The van der Waals surface area contributed by atoms with E-state index in [1.54, 1.807) is 18.3 Å². The fourth-order valence-corrected chi connectivity index (χ4v) is 1.85. The summed E-state index contributed by atoms with van der Waals surface area (Å²) in [6, 6.07) is 9.49. The van der Waals surface area contributed by atoms with E-state index in [2.05, 4.69) is 11.9 Å². The maximum absolute atomic E-state index is 12.1. The number of pyridine rings is 1. The molecule has 0 aliphatic carbocycles. The number of benzene rings is 1. The molecular formula is C15H16N2O. The van der Waals surface area contributed by atoms with E-state index in [1.165, 1.54) is 11.1 Å². The Balaban J connectivity index is 2.22. The number of rotatable bonds is 3. The van der Waals surface area contributed by atoms with Gasteiger partial charge in [-0.2, -0.15) is 0 Å². The van der Waals surface area contributed by atoms with Gasteiger partial charge in [0.15, 0.2) is 5.78 Å². The predicted molar refractivity (Wildman–Crippen MR) is 72.6 cm³/mol. The average Bonchev–Trinajstić information content (AvgIpc) is 2.34. The van der Waals surface area contributed by atoms with Gasteiger partial charge in [-0.3, -0.25) is 4.79 Å². The number of hydrogen-bond acceptors (Lipinski definition) is 3. The molecule has 0 saturated carbocycles. The van der Waals surface area contributed by atoms with Crippen molar-refractivity contribution in [3.8, 4) is 0 Å². The molecule has 1 heterocycles. The van der Waals surface area contributed by atoms with Gasteiger partial charge in [0.05, 0.1) is 5.56 Å². The molecule has 0 amide bonds. The Labute approximate surface area is 107 Å². The number of nitrogens with zero attached hydrogens (tertiary/aromatic N) is 1. The Morgan fingerprint density at radius 1 is 1.22 bits per heavy atom. The molecule has 1 aromatic carbocycles. The summed E-state index contributed by atoms with van der Waals surface area (Å²) >= 11 is 0. The van der Waals surface area contributed by atoms with Gasteiger partial charge in [-0.15, -0.1) is 0 Å². The molecular weight excluding hydrogens is 224 g/mol. The van der Waals surface area contributed by atoms with E-state index in [-0.39, 0.29) is 5.78 Å². The molecule has 1 aromatic heterocycles. The lowest BCUT2D eigenvalue weighted by Gasteiger charge is -2.06. The molecule has 2 rings (SSSR count). The van der Waals surface area contributed by atoms with Crippen molar-refractivity contribution in [2.24, 2.45) is 0 Å². The van der Waals surface area contributed by atoms with Gasteiger partial charge in [0.1, 0.15) is 5.82 Å². The van der Waals surface area contributed by atoms with Gasteiger partial charge < -0.3 is 5.73 Å². The third-order valence-corrected chi connectivity index (χ3v) is 3.07. The Morgan fingerprint density at radius 3 is 2.67 bits per heavy atom. The SMILES string of the molecule is Cc1ccc(CC(=O)c2cccnc2N)cc1C. The van der Waals surface area contributed by atoms with Crippen LogP contribution in [0.4, 0.5) is 5.82 Å². The van der Waals surface area contributed by atoms with Gasteiger partial charge in [0, 0.05) is 12.6 Å². The molecule has 2 N–H and O–H groups in total. The van der Waals surface area contributed by atoms with Gasteiger partial charge in [-0.05, 0) is 42.7 Å². The highest BCUT2D eigenvalue weighted by molar-refractivity contribution is 6.01. The number of aryl methyl sites for hydroxylation is 2. The molecule has 18 heavy (non-hydrogen) atoms. The van der Waals surface area contributed by atoms with Crippen molar-refractivity contribution in [1.82, 2.24) is 4.98 Å². The number of Topliss-reactive ketones (excluding diaryl/α,β-unsaturated/α-hetero) is 1. The van der Waals surface area contributed by atoms with E-state index in [1.807, 2.05) is 25.1 Å². The number of aromatic nitrogens is 1. The number of carbonyl (C=O) groups is 1. The van der Waals surface area contributed by atoms with Crippen LogP contribution in [0.1, 0.15) is 27.0 Å². The zero-order valence-electron chi connectivity index (χ0n) is 10.6. The van der Waals surface area contributed by atoms with Crippen molar-refractivity contribution in [3.05, 3.63) is 58.8 Å². The smallest absolute Gasteiger partial charge is 0.170 e. The minimum Gasteiger partial charge on any atom is -0.383 e. The third-order valence-electron chi connectivity index (χ3n) is 3.07. The Morgan fingerprint density at radius 2 is 2.00 bits per heavy atom. The first-order valence-corrected chi connectivity index (χ1v) is 5.88. The zero-order chi connectivity index (χ0) is 13.1. The second-order valence-corrected chi connectivity index (χ2v) is 4.45. The largest absolute Gasteiger partial charge is 0.383 e. The van der Waals surface area contributed by atoms with Gasteiger partial charge in [-0.1, -0.05) is 18.2 Å². The van der Waals surface area contributed by atoms with E-state index < -0.39 is 0 Å². The quantitative estimate of drug-likeness (QED) is 0.839. The number of hydrogen-bond donors (Lipinski definition) is 1. The van der Waals surface area contributed by atoms with Gasteiger partial charge >= 0.3 is 0 Å². The van der Waals surface area contributed by atoms with E-state index in [4.69, 9.17) is 5.73 Å². The van der Waals surface area contributed by atoms with Crippen LogP contribution in [0.15, 0.2) is 36.5 Å². The molecule has 3 heteroatoms. The van der Waals surface area contributed by atoms with Crippen LogP contribution < -0.4 is 5.73 Å². The fourth-order valence-electron chi connectivity index (χ4n) is 1.85. The van der Waals surface area contributed by atoms with Gasteiger partial charge in [-0.25, -0.2) is 4.98 Å². The second-order valence-electron chi connectivity index (χ2n) is 4.45. The first-order chi connectivity index (χ1) is 8.58. The molecule has 0 aliphatic rings. The summed E-state index contributed by atoms with van der Waals surface area (Å²) < 4.78 is 0. The normalized spacial score (nSPS) is 10.3. The van der Waals surface area contributed by atoms with Crippen LogP contribution in [0.25, 0.3) is 0 Å². The Bertz CT molecular complexity index is 591. The van der Waals surface area contributed by atoms with Crippen molar-refractivity contribution < 1.29 is 4.79 Å². The molecule has 92 valence electrons. The average molecular weight is 240 g/mol. The van der Waals surface area contributed by atoms with Crippen LogP contribution in [0.2, 0.25) is 0 Å². The van der Waals surface area contributed by atoms with Crippen molar-refractivity contribution >= 4 is 11.6 Å². The summed E-state index contributed by atoms with van der Waals surface area (Å²) in [7, 11) is 0. The highest BCUT2D eigenvalue weighted by Crippen LogP contribution is 2.14. The molecule has 0 atom stereocenters. The summed E-state index contributed by atoms with van der Waals surface area (Å²) in [5, 5.41) is 0. The number of ketones is 1. The summed E-state index contributed by atoms with van der Waals surface area (Å²) in [6.45, 7) is 4.10. The van der Waals surface area contributed by atoms with Crippen LogP contribution in [-0.2, 0) is 6.42 Å². The third kappa shape index (κ3) is 2.56. The molecule has 3 nitrogen and oxygen atoms in total. The first kappa shape index (κ1) is 12.3. The number of nitrogen functional groups attached to an aromatic ring is 1. The maximum Gasteiger partial charge on any atom is 0.170 e. The summed E-state index contributed by atoms with van der Waals surface area (Å²) in [6.07, 6.45) is 1.94. The van der Waals surface area contributed by atoms with E-state index in [0.717, 1.165) is 5.56 Å². The standard InChI is InChI=1S/C15H16N2O/c1-10-5-6-12(8-11(10)2)9-14(18)13-4-3-7-17-15(13)16/h3-8H,9H2,1-2H3,(H2,16,17). The van der Waals surface area contributed by atoms with Crippen LogP contribution >= 0.6 is 0 Å². The number of anilines is 1. The molecule has 0 spiro atoms. The molecule has 0 aliphatic heterocycles.